The summed E-state index contributed by atoms with van der Waals surface area (Å²) in [7, 11) is 0. The molecule has 2 rings (SSSR count). The highest BCUT2D eigenvalue weighted by Gasteiger charge is 2.23. The van der Waals surface area contributed by atoms with Crippen LogP contribution in [0.1, 0.15) is 17.2 Å². The Bertz CT molecular complexity index is 608. The van der Waals surface area contributed by atoms with Gasteiger partial charge in [0.25, 0.3) is 0 Å². The number of hydrogen-bond acceptors (Lipinski definition) is 1. The van der Waals surface area contributed by atoms with E-state index in [1.54, 1.807) is 0 Å². The van der Waals surface area contributed by atoms with Gasteiger partial charge in [0.15, 0.2) is 0 Å². The molecule has 6 heteroatoms. The minimum absolute atomic E-state index is 0.0403. The molecule has 100 valence electrons. The van der Waals surface area contributed by atoms with E-state index in [1.807, 2.05) is 0 Å². The summed E-state index contributed by atoms with van der Waals surface area (Å²) in [6.45, 7) is 0. The van der Waals surface area contributed by atoms with Crippen molar-refractivity contribution in [1.82, 2.24) is 0 Å². The maximum absolute atomic E-state index is 13.6. The van der Waals surface area contributed by atoms with Crippen LogP contribution in [0.3, 0.4) is 0 Å². The normalized spacial score (nSPS) is 12.5. The van der Waals surface area contributed by atoms with Crippen LogP contribution in [0.25, 0.3) is 0 Å². The van der Waals surface area contributed by atoms with Crippen molar-refractivity contribution < 1.29 is 18.3 Å². The smallest absolute Gasteiger partial charge is 0.135 e. The fraction of sp³-hybridized carbons (Fsp3) is 0.0769. The molecule has 0 saturated carbocycles. The van der Waals surface area contributed by atoms with Gasteiger partial charge in [-0.25, -0.2) is 13.2 Å². The van der Waals surface area contributed by atoms with E-state index >= 15 is 0 Å². The quantitative estimate of drug-likeness (QED) is 0.866. The Hall–Kier alpha value is -1.23. The molecule has 0 amide bonds. The third kappa shape index (κ3) is 2.86. The average Bonchev–Trinajstić information content (AvgIpc) is 2.30. The number of halogens is 5. The molecule has 1 unspecified atom stereocenters. The van der Waals surface area contributed by atoms with Crippen molar-refractivity contribution in [3.8, 4) is 0 Å². The standard InChI is InChI=1S/C13H7Cl2F3O/c14-6-1-2-9(15)8(3-6)13(19)12-10(17)4-7(16)5-11(12)18/h1-5,13,19H. The SMILES string of the molecule is OC(c1cc(Cl)ccc1Cl)c1c(F)cc(F)cc1F. The molecule has 0 spiro atoms. The van der Waals surface area contributed by atoms with Gasteiger partial charge in [0.1, 0.15) is 23.6 Å². The summed E-state index contributed by atoms with van der Waals surface area (Å²) in [6.07, 6.45) is -1.67. The minimum Gasteiger partial charge on any atom is -0.383 e. The van der Waals surface area contributed by atoms with Gasteiger partial charge in [0.2, 0.25) is 0 Å². The second kappa shape index (κ2) is 5.41. The number of benzene rings is 2. The Morgan fingerprint density at radius 2 is 1.53 bits per heavy atom. The second-order valence-electron chi connectivity index (χ2n) is 3.85. The molecule has 1 atom stereocenters. The zero-order valence-corrected chi connectivity index (χ0v) is 10.8. The fourth-order valence-corrected chi connectivity index (χ4v) is 2.10. The van der Waals surface area contributed by atoms with E-state index in [4.69, 9.17) is 23.2 Å². The molecule has 19 heavy (non-hydrogen) atoms. The first kappa shape index (κ1) is 14.2. The van der Waals surface area contributed by atoms with Gasteiger partial charge in [0, 0.05) is 27.7 Å². The lowest BCUT2D eigenvalue weighted by Gasteiger charge is -2.15. The summed E-state index contributed by atoms with van der Waals surface area (Å²) in [5.41, 5.74) is -0.635. The van der Waals surface area contributed by atoms with Crippen LogP contribution in [0.5, 0.6) is 0 Å². The van der Waals surface area contributed by atoms with Gasteiger partial charge in [-0.3, -0.25) is 0 Å². The lowest BCUT2D eigenvalue weighted by Crippen LogP contribution is -2.07. The van der Waals surface area contributed by atoms with Gasteiger partial charge in [-0.05, 0) is 18.2 Å². The summed E-state index contributed by atoms with van der Waals surface area (Å²) in [6, 6.07) is 5.12. The van der Waals surface area contributed by atoms with Crippen LogP contribution in [0.2, 0.25) is 10.0 Å². The van der Waals surface area contributed by atoms with Crippen LogP contribution in [-0.2, 0) is 0 Å². The van der Waals surface area contributed by atoms with Gasteiger partial charge in [-0.2, -0.15) is 0 Å². The van der Waals surface area contributed by atoms with Crippen LogP contribution < -0.4 is 0 Å². The molecule has 0 aromatic heterocycles. The number of rotatable bonds is 2. The summed E-state index contributed by atoms with van der Waals surface area (Å²) in [4.78, 5) is 0. The monoisotopic (exact) mass is 306 g/mol. The molecule has 0 aliphatic rings. The molecule has 2 aromatic rings. The van der Waals surface area contributed by atoms with Crippen LogP contribution in [-0.4, -0.2) is 5.11 Å². The van der Waals surface area contributed by atoms with Gasteiger partial charge in [0.05, 0.1) is 5.56 Å². The van der Waals surface area contributed by atoms with Crippen LogP contribution in [0.4, 0.5) is 13.2 Å². The lowest BCUT2D eigenvalue weighted by atomic mass is 10.0. The van der Waals surface area contributed by atoms with Crippen molar-refractivity contribution in [1.29, 1.82) is 0 Å². The molecule has 0 saturated heterocycles. The Morgan fingerprint density at radius 1 is 0.947 bits per heavy atom. The number of hydrogen-bond donors (Lipinski definition) is 1. The second-order valence-corrected chi connectivity index (χ2v) is 4.70. The van der Waals surface area contributed by atoms with Crippen LogP contribution in [0.15, 0.2) is 30.3 Å². The first-order valence-electron chi connectivity index (χ1n) is 5.17. The van der Waals surface area contributed by atoms with E-state index in [9.17, 15) is 18.3 Å². The lowest BCUT2D eigenvalue weighted by molar-refractivity contribution is 0.208. The van der Waals surface area contributed by atoms with Crippen LogP contribution >= 0.6 is 23.2 Å². The molecule has 1 nitrogen and oxygen atoms in total. The zero-order valence-electron chi connectivity index (χ0n) is 9.30. The highest BCUT2D eigenvalue weighted by atomic mass is 35.5. The van der Waals surface area contributed by atoms with Crippen molar-refractivity contribution in [3.63, 3.8) is 0 Å². The number of aliphatic hydroxyl groups excluding tert-OH is 1. The van der Waals surface area contributed by atoms with E-state index < -0.39 is 29.1 Å². The van der Waals surface area contributed by atoms with E-state index in [2.05, 4.69) is 0 Å². The third-order valence-corrected chi connectivity index (χ3v) is 3.15. The van der Waals surface area contributed by atoms with Gasteiger partial charge in [-0.1, -0.05) is 23.2 Å². The first-order valence-corrected chi connectivity index (χ1v) is 5.93. The summed E-state index contributed by atoms with van der Waals surface area (Å²) >= 11 is 11.6. The molecular formula is C13H7Cl2F3O. The van der Waals surface area contributed by atoms with Gasteiger partial charge >= 0.3 is 0 Å². The molecule has 2 aromatic carbocycles. The third-order valence-electron chi connectivity index (χ3n) is 2.57. The van der Waals surface area contributed by atoms with E-state index in [-0.39, 0.29) is 15.6 Å². The van der Waals surface area contributed by atoms with Crippen LogP contribution in [0, 0.1) is 17.5 Å². The van der Waals surface area contributed by atoms with Crippen molar-refractivity contribution in [2.45, 2.75) is 6.10 Å². The summed E-state index contributed by atoms with van der Waals surface area (Å²) < 4.78 is 39.9. The molecule has 1 N–H and O–H groups in total. The molecule has 0 aliphatic carbocycles. The van der Waals surface area contributed by atoms with Gasteiger partial charge in [-0.15, -0.1) is 0 Å². The molecule has 0 fully saturated rings. The Morgan fingerprint density at radius 3 is 2.11 bits per heavy atom. The maximum atomic E-state index is 13.6. The predicted octanol–water partition coefficient (Wildman–Crippen LogP) is 4.49. The maximum Gasteiger partial charge on any atom is 0.135 e. The Labute approximate surface area is 117 Å². The van der Waals surface area contributed by atoms with E-state index in [0.717, 1.165) is 0 Å². The fourth-order valence-electron chi connectivity index (χ4n) is 1.69. The summed E-state index contributed by atoms with van der Waals surface area (Å²) in [5.74, 6) is -3.45. The van der Waals surface area contributed by atoms with E-state index in [0.29, 0.717) is 12.1 Å². The highest BCUT2D eigenvalue weighted by Crippen LogP contribution is 2.33. The summed E-state index contributed by atoms with van der Waals surface area (Å²) in [5, 5.41) is 10.4. The van der Waals surface area contributed by atoms with Crippen molar-refractivity contribution in [3.05, 3.63) is 69.0 Å². The molecule has 0 bridgehead atoms. The molecule has 0 heterocycles. The van der Waals surface area contributed by atoms with Crippen molar-refractivity contribution in [2.75, 3.05) is 0 Å². The largest absolute Gasteiger partial charge is 0.383 e. The highest BCUT2D eigenvalue weighted by molar-refractivity contribution is 6.33. The van der Waals surface area contributed by atoms with Crippen molar-refractivity contribution in [2.24, 2.45) is 0 Å². The minimum atomic E-state index is -1.67. The Kier molecular flexibility index (Phi) is 4.04. The average molecular weight is 307 g/mol. The van der Waals surface area contributed by atoms with E-state index in [1.165, 1.54) is 18.2 Å². The molecule has 0 aliphatic heterocycles. The van der Waals surface area contributed by atoms with Crippen molar-refractivity contribution >= 4 is 23.2 Å². The number of aliphatic hydroxyl groups is 1. The predicted molar refractivity (Wildman–Crippen MR) is 66.8 cm³/mol. The first-order chi connectivity index (χ1) is 8.90. The molecule has 0 radical (unpaired) electrons. The zero-order chi connectivity index (χ0) is 14.2. The topological polar surface area (TPSA) is 20.2 Å². The Balaban J connectivity index is 2.56. The van der Waals surface area contributed by atoms with Gasteiger partial charge < -0.3 is 5.11 Å². The molecular weight excluding hydrogens is 300 g/mol.